The van der Waals surface area contributed by atoms with Crippen LogP contribution in [0.25, 0.3) is 11.0 Å². The first-order chi connectivity index (χ1) is 11.1. The molecule has 0 amide bonds. The van der Waals surface area contributed by atoms with Gasteiger partial charge in [0.1, 0.15) is 22.1 Å². The monoisotopic (exact) mass is 331 g/mol. The molecule has 0 saturated carbocycles. The number of rotatable bonds is 2. The molecular weight excluding hydrogens is 317 g/mol. The molecule has 0 atom stereocenters. The van der Waals surface area contributed by atoms with E-state index >= 15 is 0 Å². The van der Waals surface area contributed by atoms with Crippen molar-refractivity contribution in [1.82, 2.24) is 5.32 Å². The van der Waals surface area contributed by atoms with Crippen molar-refractivity contribution in [2.45, 2.75) is 22.8 Å². The molecule has 0 aliphatic carbocycles. The zero-order chi connectivity index (χ0) is 16.0. The summed E-state index contributed by atoms with van der Waals surface area (Å²) in [5.74, 6) is 0.0854. The van der Waals surface area contributed by atoms with Crippen molar-refractivity contribution < 1.29 is 17.2 Å². The van der Waals surface area contributed by atoms with Gasteiger partial charge in [0.2, 0.25) is 9.84 Å². The Morgan fingerprint density at radius 1 is 1.13 bits per heavy atom. The van der Waals surface area contributed by atoms with Crippen molar-refractivity contribution in [3.63, 3.8) is 0 Å². The Hall–Kier alpha value is -2.18. The third kappa shape index (κ3) is 2.26. The molecule has 0 fully saturated rings. The van der Waals surface area contributed by atoms with Gasteiger partial charge in [-0.15, -0.1) is 0 Å². The molecule has 0 spiro atoms. The van der Waals surface area contributed by atoms with Gasteiger partial charge in [-0.1, -0.05) is 12.1 Å². The highest BCUT2D eigenvalue weighted by molar-refractivity contribution is 7.91. The molecule has 1 aliphatic rings. The maximum absolute atomic E-state index is 13.9. The summed E-state index contributed by atoms with van der Waals surface area (Å²) < 4.78 is 44.9. The Labute approximate surface area is 132 Å². The van der Waals surface area contributed by atoms with Crippen molar-refractivity contribution in [2.24, 2.45) is 0 Å². The number of sulfone groups is 1. The summed E-state index contributed by atoms with van der Waals surface area (Å²) in [6, 6.07) is 10.1. The lowest BCUT2D eigenvalue weighted by molar-refractivity contribution is 0.487. The number of furan rings is 1. The fourth-order valence-electron chi connectivity index (χ4n) is 2.97. The Morgan fingerprint density at radius 3 is 2.78 bits per heavy atom. The predicted octanol–water partition coefficient (Wildman–Crippen LogP) is 3.05. The van der Waals surface area contributed by atoms with Gasteiger partial charge in [-0.05, 0) is 37.2 Å². The molecule has 0 unspecified atom stereocenters. The number of nitrogens with one attached hydrogen (secondary N) is 1. The van der Waals surface area contributed by atoms with Gasteiger partial charge in [-0.2, -0.15) is 0 Å². The molecule has 1 aliphatic heterocycles. The molecule has 1 aromatic heterocycles. The molecule has 1 N–H and O–H groups in total. The van der Waals surface area contributed by atoms with Crippen molar-refractivity contribution in [3.8, 4) is 0 Å². The predicted molar refractivity (Wildman–Crippen MR) is 83.5 cm³/mol. The standard InChI is InChI=1S/C17H14FNO3S/c18-14-3-1-2-4-17(14)23(20,21)11-5-6-12-13-7-8-19-10-16(13)22-15(12)9-11/h1-6,9,19H,7-8,10H2. The van der Waals surface area contributed by atoms with Crippen molar-refractivity contribution in [1.29, 1.82) is 0 Å². The van der Waals surface area contributed by atoms with Gasteiger partial charge in [-0.3, -0.25) is 0 Å². The third-order valence-corrected chi connectivity index (χ3v) is 5.91. The summed E-state index contributed by atoms with van der Waals surface area (Å²) in [5.41, 5.74) is 1.64. The molecule has 2 heterocycles. The minimum atomic E-state index is -3.91. The molecule has 0 radical (unpaired) electrons. The number of fused-ring (bicyclic) bond motifs is 3. The van der Waals surface area contributed by atoms with Crippen LogP contribution < -0.4 is 5.32 Å². The van der Waals surface area contributed by atoms with Crippen LogP contribution in [0, 0.1) is 5.82 Å². The van der Waals surface area contributed by atoms with Crippen molar-refractivity contribution in [2.75, 3.05) is 6.54 Å². The van der Waals surface area contributed by atoms with Crippen molar-refractivity contribution in [3.05, 3.63) is 59.6 Å². The molecule has 2 aromatic carbocycles. The molecular formula is C17H14FNO3S. The van der Waals surface area contributed by atoms with E-state index in [1.165, 1.54) is 30.3 Å². The van der Waals surface area contributed by atoms with Crippen LogP contribution in [0.4, 0.5) is 4.39 Å². The van der Waals surface area contributed by atoms with Crippen LogP contribution in [0.1, 0.15) is 11.3 Å². The van der Waals surface area contributed by atoms with Crippen LogP contribution in [-0.2, 0) is 22.8 Å². The highest BCUT2D eigenvalue weighted by atomic mass is 32.2. The van der Waals surface area contributed by atoms with Gasteiger partial charge in [0, 0.05) is 17.0 Å². The van der Waals surface area contributed by atoms with E-state index in [2.05, 4.69) is 5.32 Å². The first-order valence-electron chi connectivity index (χ1n) is 7.32. The highest BCUT2D eigenvalue weighted by Crippen LogP contribution is 2.32. The lowest BCUT2D eigenvalue weighted by atomic mass is 10.1. The van der Waals surface area contributed by atoms with E-state index in [0.29, 0.717) is 12.1 Å². The molecule has 23 heavy (non-hydrogen) atoms. The number of benzene rings is 2. The van der Waals surface area contributed by atoms with Crippen LogP contribution in [0.15, 0.2) is 56.7 Å². The topological polar surface area (TPSA) is 59.3 Å². The summed E-state index contributed by atoms with van der Waals surface area (Å²) in [6.07, 6.45) is 0.849. The molecule has 0 bridgehead atoms. The van der Waals surface area contributed by atoms with Crippen molar-refractivity contribution >= 4 is 20.8 Å². The summed E-state index contributed by atoms with van der Waals surface area (Å²) in [7, 11) is -3.91. The second-order valence-electron chi connectivity index (χ2n) is 5.52. The van der Waals surface area contributed by atoms with E-state index in [1.807, 2.05) is 0 Å². The van der Waals surface area contributed by atoms with Gasteiger partial charge in [-0.25, -0.2) is 12.8 Å². The lowest BCUT2D eigenvalue weighted by Gasteiger charge is -2.10. The van der Waals surface area contributed by atoms with Crippen LogP contribution in [-0.4, -0.2) is 15.0 Å². The van der Waals surface area contributed by atoms with E-state index < -0.39 is 15.7 Å². The van der Waals surface area contributed by atoms with E-state index in [0.717, 1.165) is 35.7 Å². The second-order valence-corrected chi connectivity index (χ2v) is 7.44. The fourth-order valence-corrected chi connectivity index (χ4v) is 4.32. The molecule has 4 nitrogen and oxygen atoms in total. The van der Waals surface area contributed by atoms with Gasteiger partial charge >= 0.3 is 0 Å². The zero-order valence-electron chi connectivity index (χ0n) is 12.2. The average Bonchev–Trinajstić information content (AvgIpc) is 2.92. The maximum atomic E-state index is 13.9. The van der Waals surface area contributed by atoms with Gasteiger partial charge in [0.05, 0.1) is 11.4 Å². The lowest BCUT2D eigenvalue weighted by Crippen LogP contribution is -2.22. The Morgan fingerprint density at radius 2 is 1.96 bits per heavy atom. The zero-order valence-corrected chi connectivity index (χ0v) is 13.0. The summed E-state index contributed by atoms with van der Waals surface area (Å²) in [6.45, 7) is 1.51. The van der Waals surface area contributed by atoms with Crippen LogP contribution in [0.3, 0.4) is 0 Å². The summed E-state index contributed by atoms with van der Waals surface area (Å²) >= 11 is 0. The average molecular weight is 331 g/mol. The number of halogens is 1. The van der Waals surface area contributed by atoms with Crippen LogP contribution in [0.5, 0.6) is 0 Å². The highest BCUT2D eigenvalue weighted by Gasteiger charge is 2.24. The molecule has 4 rings (SSSR count). The minimum absolute atomic E-state index is 0.0363. The molecule has 0 saturated heterocycles. The largest absolute Gasteiger partial charge is 0.459 e. The Bertz CT molecular complexity index is 1010. The smallest absolute Gasteiger partial charge is 0.209 e. The normalized spacial score (nSPS) is 14.8. The molecule has 6 heteroatoms. The summed E-state index contributed by atoms with van der Waals surface area (Å²) in [4.78, 5) is -0.286. The first-order valence-corrected chi connectivity index (χ1v) is 8.80. The molecule has 118 valence electrons. The van der Waals surface area contributed by atoms with Crippen LogP contribution in [0.2, 0.25) is 0 Å². The van der Waals surface area contributed by atoms with E-state index in [4.69, 9.17) is 4.42 Å². The number of hydrogen-bond acceptors (Lipinski definition) is 4. The van der Waals surface area contributed by atoms with E-state index in [-0.39, 0.29) is 9.79 Å². The minimum Gasteiger partial charge on any atom is -0.459 e. The third-order valence-electron chi connectivity index (χ3n) is 4.12. The van der Waals surface area contributed by atoms with Gasteiger partial charge in [0.25, 0.3) is 0 Å². The fraction of sp³-hybridized carbons (Fsp3) is 0.176. The number of hydrogen-bond donors (Lipinski definition) is 1. The SMILES string of the molecule is O=S(=O)(c1ccc2c3c(oc2c1)CNCC3)c1ccccc1F. The quantitative estimate of drug-likeness (QED) is 0.784. The van der Waals surface area contributed by atoms with Crippen LogP contribution >= 0.6 is 0 Å². The Kier molecular flexibility index (Phi) is 3.25. The van der Waals surface area contributed by atoms with E-state index in [1.54, 1.807) is 6.07 Å². The van der Waals surface area contributed by atoms with Gasteiger partial charge < -0.3 is 9.73 Å². The maximum Gasteiger partial charge on any atom is 0.209 e. The van der Waals surface area contributed by atoms with E-state index in [9.17, 15) is 12.8 Å². The molecule has 3 aromatic rings. The summed E-state index contributed by atoms with van der Waals surface area (Å²) in [5, 5.41) is 4.14. The first kappa shape index (κ1) is 14.4. The van der Waals surface area contributed by atoms with Gasteiger partial charge in [0.15, 0.2) is 0 Å². The second kappa shape index (κ2) is 5.18. The Balaban J connectivity index is 1.88.